The third kappa shape index (κ3) is 8.07. The zero-order valence-electron chi connectivity index (χ0n) is 15.0. The molecule has 0 amide bonds. The largest absolute Gasteiger partial charge is 0.381 e. The van der Waals surface area contributed by atoms with E-state index in [1.807, 2.05) is 7.05 Å². The lowest BCUT2D eigenvalue weighted by Gasteiger charge is -2.22. The fourth-order valence-electron chi connectivity index (χ4n) is 2.37. The van der Waals surface area contributed by atoms with Crippen LogP contribution >= 0.6 is 35.7 Å². The van der Waals surface area contributed by atoms with Gasteiger partial charge in [-0.2, -0.15) is 0 Å². The molecule has 1 aromatic carbocycles. The number of benzene rings is 1. The molecule has 0 atom stereocenters. The SMILES string of the molecule is CN=C(NCCCOCC1CC1)N(C)Cc1ccc(SC)cc1.I. The first kappa shape index (κ1) is 21.6. The van der Waals surface area contributed by atoms with Gasteiger partial charge >= 0.3 is 0 Å². The van der Waals surface area contributed by atoms with Gasteiger partial charge in [0, 0.05) is 45.3 Å². The number of guanidine groups is 1. The first-order chi connectivity index (χ1) is 11.2. The van der Waals surface area contributed by atoms with Crippen molar-refractivity contribution in [1.29, 1.82) is 0 Å². The fraction of sp³-hybridized carbons (Fsp3) is 0.611. The summed E-state index contributed by atoms with van der Waals surface area (Å²) >= 11 is 1.77. The van der Waals surface area contributed by atoms with Gasteiger partial charge in [0.2, 0.25) is 0 Å². The second-order valence-electron chi connectivity index (χ2n) is 6.05. The van der Waals surface area contributed by atoms with Crippen LogP contribution in [0.4, 0.5) is 0 Å². The average Bonchev–Trinajstić information content (AvgIpc) is 3.39. The van der Waals surface area contributed by atoms with Crippen LogP contribution in [0.5, 0.6) is 0 Å². The molecule has 0 heterocycles. The van der Waals surface area contributed by atoms with Crippen LogP contribution in [0.1, 0.15) is 24.8 Å². The molecule has 0 aliphatic heterocycles. The molecule has 1 aromatic rings. The molecule has 136 valence electrons. The van der Waals surface area contributed by atoms with Crippen LogP contribution in [0, 0.1) is 5.92 Å². The Hall–Kier alpha value is -0.470. The lowest BCUT2D eigenvalue weighted by atomic mass is 10.2. The van der Waals surface area contributed by atoms with E-state index in [1.165, 1.54) is 23.3 Å². The number of thioether (sulfide) groups is 1. The number of aliphatic imine (C=N–C) groups is 1. The van der Waals surface area contributed by atoms with Crippen molar-refractivity contribution in [2.45, 2.75) is 30.7 Å². The molecule has 0 unspecified atom stereocenters. The van der Waals surface area contributed by atoms with E-state index < -0.39 is 0 Å². The summed E-state index contributed by atoms with van der Waals surface area (Å²) in [6, 6.07) is 8.70. The normalized spacial score (nSPS) is 14.2. The average molecular weight is 463 g/mol. The third-order valence-electron chi connectivity index (χ3n) is 3.95. The Morgan fingerprint density at radius 3 is 2.62 bits per heavy atom. The smallest absolute Gasteiger partial charge is 0.193 e. The first-order valence-corrected chi connectivity index (χ1v) is 9.58. The maximum Gasteiger partial charge on any atom is 0.193 e. The summed E-state index contributed by atoms with van der Waals surface area (Å²) in [5.41, 5.74) is 1.29. The second-order valence-corrected chi connectivity index (χ2v) is 6.93. The number of nitrogens with zero attached hydrogens (tertiary/aromatic N) is 2. The van der Waals surface area contributed by atoms with Crippen LogP contribution in [-0.4, -0.2) is 51.0 Å². The molecule has 1 fully saturated rings. The van der Waals surface area contributed by atoms with Gasteiger partial charge in [0.15, 0.2) is 5.96 Å². The lowest BCUT2D eigenvalue weighted by Crippen LogP contribution is -2.39. The van der Waals surface area contributed by atoms with Gasteiger partial charge in [-0.25, -0.2) is 0 Å². The molecule has 2 rings (SSSR count). The van der Waals surface area contributed by atoms with Crippen LogP contribution in [-0.2, 0) is 11.3 Å². The van der Waals surface area contributed by atoms with Crippen molar-refractivity contribution >= 4 is 41.7 Å². The maximum atomic E-state index is 5.66. The van der Waals surface area contributed by atoms with Crippen LogP contribution < -0.4 is 5.32 Å². The molecule has 0 radical (unpaired) electrons. The fourth-order valence-corrected chi connectivity index (χ4v) is 2.78. The molecule has 0 bridgehead atoms. The van der Waals surface area contributed by atoms with E-state index in [2.05, 4.69) is 52.8 Å². The van der Waals surface area contributed by atoms with Crippen molar-refractivity contribution in [3.8, 4) is 0 Å². The highest BCUT2D eigenvalue weighted by molar-refractivity contribution is 14.0. The monoisotopic (exact) mass is 463 g/mol. The molecule has 0 aromatic heterocycles. The summed E-state index contributed by atoms with van der Waals surface area (Å²) in [5, 5.41) is 3.41. The van der Waals surface area contributed by atoms with Gasteiger partial charge in [0.05, 0.1) is 0 Å². The Labute approximate surface area is 167 Å². The highest BCUT2D eigenvalue weighted by Gasteiger charge is 2.20. The van der Waals surface area contributed by atoms with Crippen LogP contribution in [0.2, 0.25) is 0 Å². The van der Waals surface area contributed by atoms with E-state index in [-0.39, 0.29) is 24.0 Å². The molecule has 6 heteroatoms. The van der Waals surface area contributed by atoms with Crippen LogP contribution in [0.25, 0.3) is 0 Å². The number of nitrogens with one attached hydrogen (secondary N) is 1. The summed E-state index contributed by atoms with van der Waals surface area (Å²) < 4.78 is 5.66. The van der Waals surface area contributed by atoms with Crippen LogP contribution in [0.15, 0.2) is 34.2 Å². The number of hydrogen-bond acceptors (Lipinski definition) is 3. The number of hydrogen-bond donors (Lipinski definition) is 1. The van der Waals surface area contributed by atoms with Crippen molar-refractivity contribution < 1.29 is 4.74 Å². The van der Waals surface area contributed by atoms with Gasteiger partial charge < -0.3 is 15.0 Å². The summed E-state index contributed by atoms with van der Waals surface area (Å²) in [5.74, 6) is 1.78. The van der Waals surface area contributed by atoms with Gasteiger partial charge in [-0.05, 0) is 49.1 Å². The number of halogens is 1. The Morgan fingerprint density at radius 2 is 2.04 bits per heavy atom. The van der Waals surface area contributed by atoms with Crippen molar-refractivity contribution in [2.75, 3.05) is 40.1 Å². The standard InChI is InChI=1S/C18H29N3OS.HI/c1-19-18(20-11-4-12-22-14-16-5-6-16)21(2)13-15-7-9-17(23-3)10-8-15;/h7-10,16H,4-6,11-14H2,1-3H3,(H,19,20);1H. The highest BCUT2D eigenvalue weighted by Crippen LogP contribution is 2.28. The van der Waals surface area contributed by atoms with Crippen molar-refractivity contribution in [3.63, 3.8) is 0 Å². The number of rotatable bonds is 9. The molecule has 1 saturated carbocycles. The second kappa shape index (κ2) is 12.0. The molecule has 24 heavy (non-hydrogen) atoms. The summed E-state index contributed by atoms with van der Waals surface area (Å²) in [4.78, 5) is 7.81. The van der Waals surface area contributed by atoms with E-state index >= 15 is 0 Å². The molecular weight excluding hydrogens is 433 g/mol. The zero-order chi connectivity index (χ0) is 16.5. The highest BCUT2D eigenvalue weighted by atomic mass is 127. The lowest BCUT2D eigenvalue weighted by molar-refractivity contribution is 0.122. The molecule has 1 aliphatic rings. The van der Waals surface area contributed by atoms with Crippen LogP contribution in [0.3, 0.4) is 0 Å². The van der Waals surface area contributed by atoms with Gasteiger partial charge in [-0.15, -0.1) is 35.7 Å². The molecule has 0 saturated heterocycles. The maximum absolute atomic E-state index is 5.66. The Morgan fingerprint density at radius 1 is 1.33 bits per heavy atom. The topological polar surface area (TPSA) is 36.9 Å². The molecule has 1 aliphatic carbocycles. The Bertz CT molecular complexity index is 492. The predicted octanol–water partition coefficient (Wildman–Crippen LogP) is 3.85. The third-order valence-corrected chi connectivity index (χ3v) is 4.69. The quantitative estimate of drug-likeness (QED) is 0.199. The van der Waals surface area contributed by atoms with Crippen molar-refractivity contribution in [1.82, 2.24) is 10.2 Å². The van der Waals surface area contributed by atoms with E-state index in [4.69, 9.17) is 4.74 Å². The van der Waals surface area contributed by atoms with Gasteiger partial charge in [0.1, 0.15) is 0 Å². The Balaban J connectivity index is 0.00000288. The molecule has 0 spiro atoms. The van der Waals surface area contributed by atoms with E-state index in [9.17, 15) is 0 Å². The van der Waals surface area contributed by atoms with Crippen molar-refractivity contribution in [2.24, 2.45) is 10.9 Å². The van der Waals surface area contributed by atoms with Gasteiger partial charge in [-0.1, -0.05) is 12.1 Å². The molecule has 4 nitrogen and oxygen atoms in total. The zero-order valence-corrected chi connectivity index (χ0v) is 18.1. The predicted molar refractivity (Wildman–Crippen MR) is 115 cm³/mol. The molecular formula is C18H30IN3OS. The van der Waals surface area contributed by atoms with E-state index in [0.717, 1.165) is 44.6 Å². The summed E-state index contributed by atoms with van der Waals surface area (Å²) in [7, 11) is 3.90. The van der Waals surface area contributed by atoms with E-state index in [0.29, 0.717) is 0 Å². The summed E-state index contributed by atoms with van der Waals surface area (Å²) in [6.07, 6.45) is 5.82. The van der Waals surface area contributed by atoms with Crippen molar-refractivity contribution in [3.05, 3.63) is 29.8 Å². The minimum atomic E-state index is 0. The summed E-state index contributed by atoms with van der Waals surface area (Å²) in [6.45, 7) is 3.53. The molecule has 1 N–H and O–H groups in total. The number of ether oxygens (including phenoxy) is 1. The van der Waals surface area contributed by atoms with Gasteiger partial charge in [-0.3, -0.25) is 4.99 Å². The van der Waals surface area contributed by atoms with Gasteiger partial charge in [0.25, 0.3) is 0 Å². The minimum absolute atomic E-state index is 0. The first-order valence-electron chi connectivity index (χ1n) is 8.35. The Kier molecular flexibility index (Phi) is 10.8. The van der Waals surface area contributed by atoms with E-state index in [1.54, 1.807) is 11.8 Å². The minimum Gasteiger partial charge on any atom is -0.381 e.